The van der Waals surface area contributed by atoms with Crippen LogP contribution in [0.5, 0.6) is 5.75 Å². The lowest BCUT2D eigenvalue weighted by Gasteiger charge is -2.33. The van der Waals surface area contributed by atoms with E-state index in [1.165, 1.54) is 0 Å². The molecule has 1 aromatic heterocycles. The number of piperidine rings is 1. The van der Waals surface area contributed by atoms with Crippen molar-refractivity contribution in [2.75, 3.05) is 38.2 Å². The maximum absolute atomic E-state index is 12.8. The van der Waals surface area contributed by atoms with Crippen LogP contribution in [0.4, 0.5) is 10.5 Å². The van der Waals surface area contributed by atoms with Gasteiger partial charge < -0.3 is 24.3 Å². The van der Waals surface area contributed by atoms with Gasteiger partial charge in [0, 0.05) is 38.6 Å². The van der Waals surface area contributed by atoms with Gasteiger partial charge in [-0.05, 0) is 37.8 Å². The second kappa shape index (κ2) is 9.97. The Morgan fingerprint density at radius 2 is 2.22 bits per heavy atom. The molecular formula is C20H28N4O3. The Morgan fingerprint density at radius 3 is 3.04 bits per heavy atom. The number of amides is 2. The van der Waals surface area contributed by atoms with Gasteiger partial charge in [-0.25, -0.2) is 9.78 Å². The molecule has 2 amide bonds. The molecule has 1 aliphatic rings. The zero-order chi connectivity index (χ0) is 18.9. The van der Waals surface area contributed by atoms with Gasteiger partial charge >= 0.3 is 6.03 Å². The second-order valence-corrected chi connectivity index (χ2v) is 6.69. The molecule has 1 aliphatic heterocycles. The molecule has 1 aromatic carbocycles. The highest BCUT2D eigenvalue weighted by molar-refractivity contribution is 5.91. The Hall–Kier alpha value is -2.54. The number of para-hydroxylation sites is 2. The molecule has 7 nitrogen and oxygen atoms in total. The highest BCUT2D eigenvalue weighted by atomic mass is 16.5. The standard InChI is InChI=1S/C20H28N4O3/c1-2-26-12-13-27-19-8-4-3-7-18(19)22-20(25)24-10-5-6-17(15-24)14-23-11-9-21-16-23/h3-4,7-9,11,16-17H,2,5-6,10,12-15H2,1H3,(H,22,25)/t17-/m0/s1. The third-order valence-electron chi connectivity index (χ3n) is 4.65. The van der Waals surface area contributed by atoms with Gasteiger partial charge in [0.25, 0.3) is 0 Å². The second-order valence-electron chi connectivity index (χ2n) is 6.69. The van der Waals surface area contributed by atoms with Crippen LogP contribution in [0.2, 0.25) is 0 Å². The molecule has 7 heteroatoms. The van der Waals surface area contributed by atoms with E-state index in [1.807, 2.05) is 48.6 Å². The largest absolute Gasteiger partial charge is 0.489 e. The number of hydrogen-bond donors (Lipinski definition) is 1. The summed E-state index contributed by atoms with van der Waals surface area (Å²) in [5, 5.41) is 3.00. The number of benzene rings is 1. The van der Waals surface area contributed by atoms with Gasteiger partial charge in [0.15, 0.2) is 0 Å². The van der Waals surface area contributed by atoms with Crippen molar-refractivity contribution in [1.29, 1.82) is 0 Å². The number of aromatic nitrogens is 2. The quantitative estimate of drug-likeness (QED) is 0.722. The number of urea groups is 1. The summed E-state index contributed by atoms with van der Waals surface area (Å²) in [5.41, 5.74) is 0.690. The summed E-state index contributed by atoms with van der Waals surface area (Å²) in [5.74, 6) is 1.11. The molecule has 0 aliphatic carbocycles. The topological polar surface area (TPSA) is 68.6 Å². The number of nitrogens with one attached hydrogen (secondary N) is 1. The number of likely N-dealkylation sites (tertiary alicyclic amines) is 1. The highest BCUT2D eigenvalue weighted by Gasteiger charge is 2.24. The third kappa shape index (κ3) is 5.72. The van der Waals surface area contributed by atoms with Crippen molar-refractivity contribution in [1.82, 2.24) is 14.5 Å². The Labute approximate surface area is 160 Å². The Kier molecular flexibility index (Phi) is 7.10. The van der Waals surface area contributed by atoms with Crippen molar-refractivity contribution in [3.63, 3.8) is 0 Å². The summed E-state index contributed by atoms with van der Waals surface area (Å²) in [6, 6.07) is 7.43. The van der Waals surface area contributed by atoms with E-state index in [-0.39, 0.29) is 6.03 Å². The minimum atomic E-state index is -0.0776. The number of rotatable bonds is 8. The molecule has 0 spiro atoms. The highest BCUT2D eigenvalue weighted by Crippen LogP contribution is 2.25. The summed E-state index contributed by atoms with van der Waals surface area (Å²) >= 11 is 0. The van der Waals surface area contributed by atoms with Gasteiger partial charge in [-0.3, -0.25) is 0 Å². The molecule has 1 fully saturated rings. The minimum absolute atomic E-state index is 0.0776. The number of nitrogens with zero attached hydrogens (tertiary/aromatic N) is 3. The number of carbonyl (C=O) groups excluding carboxylic acids is 1. The fourth-order valence-corrected chi connectivity index (χ4v) is 3.34. The van der Waals surface area contributed by atoms with Gasteiger partial charge in [-0.2, -0.15) is 0 Å². The van der Waals surface area contributed by atoms with Crippen LogP contribution in [-0.4, -0.2) is 53.4 Å². The van der Waals surface area contributed by atoms with E-state index in [2.05, 4.69) is 14.9 Å². The maximum Gasteiger partial charge on any atom is 0.321 e. The first-order valence-electron chi connectivity index (χ1n) is 9.57. The molecule has 1 atom stereocenters. The van der Waals surface area contributed by atoms with E-state index in [1.54, 1.807) is 6.20 Å². The summed E-state index contributed by atoms with van der Waals surface area (Å²) < 4.78 is 13.1. The maximum atomic E-state index is 12.8. The summed E-state index contributed by atoms with van der Waals surface area (Å²) in [4.78, 5) is 18.7. The Bertz CT molecular complexity index is 705. The Balaban J connectivity index is 1.55. The van der Waals surface area contributed by atoms with Gasteiger partial charge in [0.05, 0.1) is 18.6 Å². The fourth-order valence-electron chi connectivity index (χ4n) is 3.34. The smallest absolute Gasteiger partial charge is 0.321 e. The molecule has 1 saturated heterocycles. The van der Waals surface area contributed by atoms with Crippen molar-refractivity contribution >= 4 is 11.7 Å². The normalized spacial score (nSPS) is 16.9. The van der Waals surface area contributed by atoms with Crippen molar-refractivity contribution in [2.45, 2.75) is 26.3 Å². The zero-order valence-corrected chi connectivity index (χ0v) is 15.8. The van der Waals surface area contributed by atoms with Crippen LogP contribution in [0.15, 0.2) is 43.0 Å². The lowest BCUT2D eigenvalue weighted by atomic mass is 9.98. The molecule has 0 saturated carbocycles. The molecule has 146 valence electrons. The fraction of sp³-hybridized carbons (Fsp3) is 0.500. The van der Waals surface area contributed by atoms with Gasteiger partial charge in [-0.15, -0.1) is 0 Å². The summed E-state index contributed by atoms with van der Waals surface area (Å²) in [7, 11) is 0. The number of carbonyl (C=O) groups is 1. The SMILES string of the molecule is CCOCCOc1ccccc1NC(=O)N1CCC[C@@H](Cn2ccnc2)C1. The number of anilines is 1. The molecule has 1 N–H and O–H groups in total. The average Bonchev–Trinajstić information content (AvgIpc) is 3.19. The van der Waals surface area contributed by atoms with Crippen LogP contribution in [-0.2, 0) is 11.3 Å². The zero-order valence-electron chi connectivity index (χ0n) is 15.8. The average molecular weight is 372 g/mol. The minimum Gasteiger partial charge on any atom is -0.489 e. The molecule has 0 radical (unpaired) electrons. The van der Waals surface area contributed by atoms with E-state index in [9.17, 15) is 4.79 Å². The van der Waals surface area contributed by atoms with Crippen LogP contribution in [0.3, 0.4) is 0 Å². The lowest BCUT2D eigenvalue weighted by Crippen LogP contribution is -2.43. The van der Waals surface area contributed by atoms with E-state index in [0.29, 0.717) is 37.2 Å². The molecular weight excluding hydrogens is 344 g/mol. The van der Waals surface area contributed by atoms with Crippen LogP contribution in [0.1, 0.15) is 19.8 Å². The van der Waals surface area contributed by atoms with E-state index >= 15 is 0 Å². The summed E-state index contributed by atoms with van der Waals surface area (Å²) in [6.07, 6.45) is 7.72. The van der Waals surface area contributed by atoms with Crippen LogP contribution in [0.25, 0.3) is 0 Å². The first-order valence-corrected chi connectivity index (χ1v) is 9.57. The van der Waals surface area contributed by atoms with Crippen molar-refractivity contribution < 1.29 is 14.3 Å². The van der Waals surface area contributed by atoms with Crippen LogP contribution in [0, 0.1) is 5.92 Å². The van der Waals surface area contributed by atoms with E-state index in [0.717, 1.165) is 32.5 Å². The van der Waals surface area contributed by atoms with E-state index < -0.39 is 0 Å². The van der Waals surface area contributed by atoms with Gasteiger partial charge in [0.1, 0.15) is 12.4 Å². The third-order valence-corrected chi connectivity index (χ3v) is 4.65. The molecule has 3 rings (SSSR count). The Morgan fingerprint density at radius 1 is 1.33 bits per heavy atom. The molecule has 2 heterocycles. The predicted octanol–water partition coefficient (Wildman–Crippen LogP) is 3.24. The lowest BCUT2D eigenvalue weighted by molar-refractivity contribution is 0.110. The molecule has 27 heavy (non-hydrogen) atoms. The van der Waals surface area contributed by atoms with E-state index in [4.69, 9.17) is 9.47 Å². The molecule has 0 unspecified atom stereocenters. The number of imidazole rings is 1. The summed E-state index contributed by atoms with van der Waals surface area (Å²) in [6.45, 7) is 6.01. The van der Waals surface area contributed by atoms with Crippen molar-refractivity contribution in [3.05, 3.63) is 43.0 Å². The van der Waals surface area contributed by atoms with Crippen LogP contribution >= 0.6 is 0 Å². The number of hydrogen-bond acceptors (Lipinski definition) is 4. The molecule has 2 aromatic rings. The van der Waals surface area contributed by atoms with Gasteiger partial charge in [-0.1, -0.05) is 12.1 Å². The van der Waals surface area contributed by atoms with Gasteiger partial charge in [0.2, 0.25) is 0 Å². The number of ether oxygens (including phenoxy) is 2. The van der Waals surface area contributed by atoms with Crippen molar-refractivity contribution in [2.24, 2.45) is 5.92 Å². The molecule has 0 bridgehead atoms. The monoisotopic (exact) mass is 372 g/mol. The van der Waals surface area contributed by atoms with Crippen molar-refractivity contribution in [3.8, 4) is 5.75 Å². The van der Waals surface area contributed by atoms with Crippen LogP contribution < -0.4 is 10.1 Å². The first kappa shape index (κ1) is 19.2. The predicted molar refractivity (Wildman–Crippen MR) is 104 cm³/mol. The first-order chi connectivity index (χ1) is 13.3.